The van der Waals surface area contributed by atoms with E-state index in [1.807, 2.05) is 45.8 Å². The molecule has 5 rings (SSSR count). The first-order valence-corrected chi connectivity index (χ1v) is 12.9. The third kappa shape index (κ3) is 4.84. The zero-order valence-electron chi connectivity index (χ0n) is 19.8. The van der Waals surface area contributed by atoms with Gasteiger partial charge >= 0.3 is 0 Å². The van der Waals surface area contributed by atoms with E-state index in [1.54, 1.807) is 30.5 Å². The molecule has 1 fully saturated rings. The smallest absolute Gasteiger partial charge is 0.251 e. The first kappa shape index (κ1) is 23.2. The van der Waals surface area contributed by atoms with Crippen LogP contribution in [0.1, 0.15) is 59.2 Å². The molecule has 0 aliphatic carbocycles. The molecule has 1 saturated heterocycles. The van der Waals surface area contributed by atoms with Crippen LogP contribution in [0.25, 0.3) is 26.4 Å². The van der Waals surface area contributed by atoms with Gasteiger partial charge in [-0.15, -0.1) is 0 Å². The van der Waals surface area contributed by atoms with Crippen molar-refractivity contribution in [3.8, 4) is 11.3 Å². The van der Waals surface area contributed by atoms with Crippen LogP contribution in [0.4, 0.5) is 0 Å². The van der Waals surface area contributed by atoms with Gasteiger partial charge in [0.15, 0.2) is 10.7 Å². The summed E-state index contributed by atoms with van der Waals surface area (Å²) in [5, 5.41) is 2.62. The summed E-state index contributed by atoms with van der Waals surface area (Å²) in [5.74, 6) is 0.125. The monoisotopic (exact) mass is 488 g/mol. The SMILES string of the molecule is CNC(=O)c1ccc(-c2cn3c(n2)sc2cc(C(=O)CCCC(=O)N4CCCCC4)ccc23)cc1. The number of Topliss-reactive ketones (excluding diaryl/α,β-unsaturated/α-hetero) is 1. The van der Waals surface area contributed by atoms with Gasteiger partial charge in [-0.05, 0) is 56.0 Å². The fourth-order valence-corrected chi connectivity index (χ4v) is 5.64. The Bertz CT molecular complexity index is 1400. The molecule has 180 valence electrons. The fourth-order valence-electron chi connectivity index (χ4n) is 4.60. The van der Waals surface area contributed by atoms with Crippen LogP contribution < -0.4 is 5.32 Å². The minimum Gasteiger partial charge on any atom is -0.355 e. The first-order chi connectivity index (χ1) is 17.0. The molecule has 2 aromatic carbocycles. The standard InChI is InChI=1S/C27H28N4O3S/c1-28-26(34)19-10-8-18(9-11-19)21-17-31-22-13-12-20(16-24(22)35-27(31)29-21)23(32)6-5-7-25(33)30-14-3-2-4-15-30/h8-13,16-17H,2-7,14-15H2,1H3,(H,28,34). The molecule has 8 heteroatoms. The Balaban J connectivity index is 1.26. The number of likely N-dealkylation sites (tertiary alicyclic amines) is 1. The minimum absolute atomic E-state index is 0.0706. The number of nitrogens with one attached hydrogen (secondary N) is 1. The van der Waals surface area contributed by atoms with Crippen molar-refractivity contribution >= 4 is 44.1 Å². The van der Waals surface area contributed by atoms with Crippen molar-refractivity contribution in [1.29, 1.82) is 0 Å². The van der Waals surface area contributed by atoms with Crippen molar-refractivity contribution < 1.29 is 14.4 Å². The lowest BCUT2D eigenvalue weighted by Gasteiger charge is -2.26. The summed E-state index contributed by atoms with van der Waals surface area (Å²) in [5.41, 5.74) is 4.06. The second-order valence-corrected chi connectivity index (χ2v) is 9.95. The number of thiazole rings is 1. The maximum absolute atomic E-state index is 12.8. The second kappa shape index (κ2) is 10.00. The van der Waals surface area contributed by atoms with Gasteiger partial charge in [0.2, 0.25) is 5.91 Å². The van der Waals surface area contributed by atoms with Crippen LogP contribution in [0.2, 0.25) is 0 Å². The van der Waals surface area contributed by atoms with Crippen LogP contribution in [0.5, 0.6) is 0 Å². The number of imidazole rings is 1. The highest BCUT2D eigenvalue weighted by molar-refractivity contribution is 7.23. The van der Waals surface area contributed by atoms with E-state index in [9.17, 15) is 14.4 Å². The summed E-state index contributed by atoms with van der Waals surface area (Å²) in [6.07, 6.45) is 6.75. The van der Waals surface area contributed by atoms with E-state index in [0.29, 0.717) is 30.4 Å². The van der Waals surface area contributed by atoms with Gasteiger partial charge in [0.25, 0.3) is 5.91 Å². The average molecular weight is 489 g/mol. The lowest BCUT2D eigenvalue weighted by molar-refractivity contribution is -0.132. The van der Waals surface area contributed by atoms with E-state index in [4.69, 9.17) is 4.98 Å². The number of carbonyl (C=O) groups excluding carboxylic acids is 3. The van der Waals surface area contributed by atoms with E-state index >= 15 is 0 Å². The summed E-state index contributed by atoms with van der Waals surface area (Å²) < 4.78 is 3.04. The van der Waals surface area contributed by atoms with E-state index in [2.05, 4.69) is 5.32 Å². The predicted molar refractivity (Wildman–Crippen MR) is 138 cm³/mol. The molecule has 7 nitrogen and oxygen atoms in total. The highest BCUT2D eigenvalue weighted by atomic mass is 32.1. The topological polar surface area (TPSA) is 83.8 Å². The third-order valence-electron chi connectivity index (χ3n) is 6.59. The summed E-state index contributed by atoms with van der Waals surface area (Å²) in [6.45, 7) is 1.71. The van der Waals surface area contributed by atoms with Gasteiger partial charge in [0, 0.05) is 55.9 Å². The number of benzene rings is 2. The summed E-state index contributed by atoms with van der Waals surface area (Å²) >= 11 is 1.54. The number of piperidine rings is 1. The third-order valence-corrected chi connectivity index (χ3v) is 7.61. The van der Waals surface area contributed by atoms with E-state index < -0.39 is 0 Å². The lowest BCUT2D eigenvalue weighted by atomic mass is 10.0. The molecule has 35 heavy (non-hydrogen) atoms. The fraction of sp³-hybridized carbons (Fsp3) is 0.333. The molecule has 0 radical (unpaired) electrons. The normalized spacial score (nSPS) is 13.9. The number of rotatable bonds is 7. The molecule has 4 aromatic rings. The summed E-state index contributed by atoms with van der Waals surface area (Å²) in [4.78, 5) is 44.4. The first-order valence-electron chi connectivity index (χ1n) is 12.1. The van der Waals surface area contributed by atoms with Gasteiger partial charge in [-0.25, -0.2) is 4.98 Å². The van der Waals surface area contributed by atoms with E-state index in [-0.39, 0.29) is 17.6 Å². The molecule has 2 aromatic heterocycles. The van der Waals surface area contributed by atoms with Crippen molar-refractivity contribution in [3.05, 3.63) is 59.8 Å². The van der Waals surface area contributed by atoms with Crippen LogP contribution in [0.15, 0.2) is 48.7 Å². The molecule has 3 heterocycles. The second-order valence-electron chi connectivity index (χ2n) is 8.94. The summed E-state index contributed by atoms with van der Waals surface area (Å²) in [7, 11) is 1.61. The molecule has 2 amide bonds. The Morgan fingerprint density at radius 1 is 0.971 bits per heavy atom. The average Bonchev–Trinajstić information content (AvgIpc) is 3.46. The van der Waals surface area contributed by atoms with E-state index in [1.165, 1.54) is 6.42 Å². The molecule has 0 unspecified atom stereocenters. The van der Waals surface area contributed by atoms with E-state index in [0.717, 1.165) is 52.4 Å². The predicted octanol–water partition coefficient (Wildman–Crippen LogP) is 4.94. The molecule has 1 aliphatic heterocycles. The van der Waals surface area contributed by atoms with Crippen molar-refractivity contribution in [1.82, 2.24) is 19.6 Å². The number of aromatic nitrogens is 2. The van der Waals surface area contributed by atoms with Gasteiger partial charge < -0.3 is 10.2 Å². The number of carbonyl (C=O) groups is 3. The van der Waals surface area contributed by atoms with Gasteiger partial charge in [0.05, 0.1) is 15.9 Å². The van der Waals surface area contributed by atoms with Crippen LogP contribution in [0, 0.1) is 0 Å². The van der Waals surface area contributed by atoms with Crippen LogP contribution >= 0.6 is 11.3 Å². The van der Waals surface area contributed by atoms with Gasteiger partial charge in [-0.2, -0.15) is 0 Å². The number of amides is 2. The number of hydrogen-bond acceptors (Lipinski definition) is 5. The van der Waals surface area contributed by atoms with Crippen molar-refractivity contribution in [3.63, 3.8) is 0 Å². The number of hydrogen-bond donors (Lipinski definition) is 1. The van der Waals surface area contributed by atoms with Gasteiger partial charge in [-0.1, -0.05) is 23.5 Å². The minimum atomic E-state index is -0.118. The Morgan fingerprint density at radius 2 is 1.71 bits per heavy atom. The van der Waals surface area contributed by atoms with Crippen molar-refractivity contribution in [2.75, 3.05) is 20.1 Å². The van der Waals surface area contributed by atoms with Gasteiger partial charge in [0.1, 0.15) is 0 Å². The highest BCUT2D eigenvalue weighted by Gasteiger charge is 2.17. The highest BCUT2D eigenvalue weighted by Crippen LogP contribution is 2.30. The molecule has 0 saturated carbocycles. The number of nitrogens with zero attached hydrogens (tertiary/aromatic N) is 3. The zero-order chi connectivity index (χ0) is 24.4. The molecule has 1 aliphatic rings. The molecular formula is C27H28N4O3S. The number of fused-ring (bicyclic) bond motifs is 3. The largest absolute Gasteiger partial charge is 0.355 e. The quantitative estimate of drug-likeness (QED) is 0.374. The Morgan fingerprint density at radius 3 is 2.46 bits per heavy atom. The lowest BCUT2D eigenvalue weighted by Crippen LogP contribution is -2.35. The maximum Gasteiger partial charge on any atom is 0.251 e. The van der Waals surface area contributed by atoms with Crippen LogP contribution in [-0.4, -0.2) is 52.0 Å². The molecule has 0 atom stereocenters. The molecule has 0 bridgehead atoms. The van der Waals surface area contributed by atoms with Gasteiger partial charge in [-0.3, -0.25) is 18.8 Å². The van der Waals surface area contributed by atoms with Crippen LogP contribution in [-0.2, 0) is 4.79 Å². The zero-order valence-corrected chi connectivity index (χ0v) is 20.6. The Labute approximate surface area is 207 Å². The van der Waals surface area contributed by atoms with Crippen molar-refractivity contribution in [2.24, 2.45) is 0 Å². The number of ketones is 1. The molecular weight excluding hydrogens is 460 g/mol. The van der Waals surface area contributed by atoms with Crippen molar-refractivity contribution in [2.45, 2.75) is 38.5 Å². The molecule has 1 N–H and O–H groups in total. The molecule has 0 spiro atoms. The Hall–Kier alpha value is -3.52. The Kier molecular flexibility index (Phi) is 6.63. The van der Waals surface area contributed by atoms with Crippen LogP contribution in [0.3, 0.4) is 0 Å². The summed E-state index contributed by atoms with van der Waals surface area (Å²) in [6, 6.07) is 13.1. The maximum atomic E-state index is 12.8.